The van der Waals surface area contributed by atoms with Crippen molar-refractivity contribution in [2.24, 2.45) is 0 Å². The normalized spacial score (nSPS) is 19.1. The third-order valence-electron chi connectivity index (χ3n) is 4.01. The van der Waals surface area contributed by atoms with Gasteiger partial charge in [-0.1, -0.05) is 13.3 Å². The van der Waals surface area contributed by atoms with Crippen molar-refractivity contribution in [1.29, 1.82) is 0 Å². The maximum Gasteiger partial charge on any atom is 0.168 e. The van der Waals surface area contributed by atoms with Gasteiger partial charge in [-0.15, -0.1) is 0 Å². The minimum absolute atomic E-state index is 0.0538. The molecule has 1 heterocycles. The van der Waals surface area contributed by atoms with E-state index in [1.54, 1.807) is 0 Å². The third-order valence-corrected chi connectivity index (χ3v) is 4.01. The number of hydrogen-bond acceptors (Lipinski definition) is 1. The molecule has 1 aliphatic carbocycles. The van der Waals surface area contributed by atoms with Crippen molar-refractivity contribution in [2.75, 3.05) is 6.54 Å². The van der Waals surface area contributed by atoms with E-state index in [4.69, 9.17) is 0 Å². The number of nitrogens with one attached hydrogen (secondary N) is 2. The number of halogens is 3. The largest absolute Gasteiger partial charge is 0.356 e. The Kier molecular flexibility index (Phi) is 3.46. The van der Waals surface area contributed by atoms with Gasteiger partial charge in [-0.05, 0) is 25.8 Å². The van der Waals surface area contributed by atoms with Crippen LogP contribution in [0.2, 0.25) is 0 Å². The van der Waals surface area contributed by atoms with Gasteiger partial charge < -0.3 is 10.3 Å². The second kappa shape index (κ2) is 5.13. The predicted octanol–water partition coefficient (Wildman–Crippen LogP) is 3.96. The summed E-state index contributed by atoms with van der Waals surface area (Å²) in [6.45, 7) is 2.70. The van der Waals surface area contributed by atoms with Crippen LogP contribution in [0.25, 0.3) is 10.9 Å². The zero-order chi connectivity index (χ0) is 14.3. The van der Waals surface area contributed by atoms with Crippen LogP contribution in [-0.2, 0) is 6.42 Å². The number of fused-ring (bicyclic) bond motifs is 3. The highest BCUT2D eigenvalue weighted by atomic mass is 19.2. The lowest BCUT2D eigenvalue weighted by Gasteiger charge is -2.17. The van der Waals surface area contributed by atoms with Crippen LogP contribution in [0, 0.1) is 17.5 Å². The van der Waals surface area contributed by atoms with E-state index in [2.05, 4.69) is 10.3 Å². The van der Waals surface area contributed by atoms with E-state index in [0.717, 1.165) is 37.9 Å². The van der Waals surface area contributed by atoms with E-state index < -0.39 is 17.5 Å². The minimum Gasteiger partial charge on any atom is -0.356 e. The van der Waals surface area contributed by atoms with Crippen LogP contribution < -0.4 is 5.32 Å². The van der Waals surface area contributed by atoms with Gasteiger partial charge >= 0.3 is 0 Å². The lowest BCUT2D eigenvalue weighted by Crippen LogP contribution is -2.21. The molecule has 0 amide bonds. The van der Waals surface area contributed by atoms with Crippen molar-refractivity contribution < 1.29 is 13.2 Å². The minimum atomic E-state index is -1.13. The number of aryl methyl sites for hydroxylation is 1. The molecule has 1 aromatic carbocycles. The summed E-state index contributed by atoms with van der Waals surface area (Å²) in [5.41, 5.74) is 1.61. The Hall–Kier alpha value is -1.49. The summed E-state index contributed by atoms with van der Waals surface area (Å²) in [5.74, 6) is -2.82. The van der Waals surface area contributed by atoms with E-state index in [1.807, 2.05) is 6.92 Å². The maximum atomic E-state index is 14.2. The van der Waals surface area contributed by atoms with Gasteiger partial charge in [0.05, 0.1) is 5.52 Å². The highest BCUT2D eigenvalue weighted by Crippen LogP contribution is 2.37. The van der Waals surface area contributed by atoms with Gasteiger partial charge in [0.1, 0.15) is 5.82 Å². The van der Waals surface area contributed by atoms with Crippen LogP contribution in [-0.4, -0.2) is 11.5 Å². The zero-order valence-electron chi connectivity index (χ0n) is 11.3. The average Bonchev–Trinajstić information content (AvgIpc) is 2.69. The second-order valence-electron chi connectivity index (χ2n) is 5.28. The molecule has 0 saturated heterocycles. The number of rotatable bonds is 2. The average molecular weight is 282 g/mol. The molecule has 0 bridgehead atoms. The van der Waals surface area contributed by atoms with Gasteiger partial charge in [0.2, 0.25) is 0 Å². The monoisotopic (exact) mass is 282 g/mol. The SMILES string of the molecule is CCNC1CCCCc2[nH]c3c(F)cc(F)c(F)c3c21. The third kappa shape index (κ3) is 2.00. The number of hydrogen-bond donors (Lipinski definition) is 2. The Labute approximate surface area is 115 Å². The molecule has 2 aromatic rings. The van der Waals surface area contributed by atoms with Crippen LogP contribution >= 0.6 is 0 Å². The van der Waals surface area contributed by atoms with Crippen molar-refractivity contribution in [3.63, 3.8) is 0 Å². The first-order valence-corrected chi connectivity index (χ1v) is 7.04. The van der Waals surface area contributed by atoms with Crippen LogP contribution in [0.4, 0.5) is 13.2 Å². The summed E-state index contributed by atoms with van der Waals surface area (Å²) in [4.78, 5) is 2.96. The first kappa shape index (κ1) is 13.5. The summed E-state index contributed by atoms with van der Waals surface area (Å²) in [7, 11) is 0. The Bertz CT molecular complexity index is 648. The van der Waals surface area contributed by atoms with Gasteiger partial charge in [0.25, 0.3) is 0 Å². The van der Waals surface area contributed by atoms with Crippen LogP contribution in [0.1, 0.15) is 43.5 Å². The summed E-state index contributed by atoms with van der Waals surface area (Å²) in [6, 6.07) is 0.553. The standard InChI is InChI=1S/C15H17F3N2/c1-2-19-10-5-3-4-6-11-12(10)13-14(18)8(16)7-9(17)15(13)20-11/h7,10,19-20H,2-6H2,1H3. The molecule has 1 aromatic heterocycles. The Morgan fingerprint density at radius 1 is 1.25 bits per heavy atom. The van der Waals surface area contributed by atoms with Crippen molar-refractivity contribution in [3.8, 4) is 0 Å². The van der Waals surface area contributed by atoms with Gasteiger partial charge in [-0.2, -0.15) is 0 Å². The second-order valence-corrected chi connectivity index (χ2v) is 5.28. The molecule has 1 aliphatic rings. The molecule has 2 nitrogen and oxygen atoms in total. The van der Waals surface area contributed by atoms with Crippen LogP contribution in [0.15, 0.2) is 6.07 Å². The van der Waals surface area contributed by atoms with Gasteiger partial charge in [0.15, 0.2) is 11.6 Å². The molecule has 0 fully saturated rings. The summed E-state index contributed by atoms with van der Waals surface area (Å²) >= 11 is 0. The molecular weight excluding hydrogens is 265 g/mol. The summed E-state index contributed by atoms with van der Waals surface area (Å²) < 4.78 is 41.5. The Morgan fingerprint density at radius 2 is 2.05 bits per heavy atom. The van der Waals surface area contributed by atoms with E-state index in [1.165, 1.54) is 0 Å². The number of benzene rings is 1. The van der Waals surface area contributed by atoms with Crippen LogP contribution in [0.3, 0.4) is 0 Å². The molecule has 2 N–H and O–H groups in total. The first-order chi connectivity index (χ1) is 9.63. The van der Waals surface area contributed by atoms with E-state index in [9.17, 15) is 13.2 Å². The van der Waals surface area contributed by atoms with Crippen molar-refractivity contribution in [2.45, 2.75) is 38.6 Å². The lowest BCUT2D eigenvalue weighted by atomic mass is 10.00. The van der Waals surface area contributed by atoms with Crippen molar-refractivity contribution in [1.82, 2.24) is 10.3 Å². The Morgan fingerprint density at radius 3 is 2.80 bits per heavy atom. The molecule has 0 aliphatic heterocycles. The zero-order valence-corrected chi connectivity index (χ0v) is 11.3. The molecule has 0 radical (unpaired) electrons. The quantitative estimate of drug-likeness (QED) is 0.633. The van der Waals surface area contributed by atoms with Crippen molar-refractivity contribution >= 4 is 10.9 Å². The van der Waals surface area contributed by atoms with E-state index in [0.29, 0.717) is 11.6 Å². The number of aromatic nitrogens is 1. The van der Waals surface area contributed by atoms with Crippen molar-refractivity contribution in [3.05, 3.63) is 34.8 Å². The predicted molar refractivity (Wildman–Crippen MR) is 72.1 cm³/mol. The summed E-state index contributed by atoms with van der Waals surface area (Å²) in [6.07, 6.45) is 3.58. The molecule has 108 valence electrons. The van der Waals surface area contributed by atoms with Gasteiger partial charge in [0, 0.05) is 28.8 Å². The van der Waals surface area contributed by atoms with E-state index in [-0.39, 0.29) is 16.9 Å². The van der Waals surface area contributed by atoms with Crippen LogP contribution in [0.5, 0.6) is 0 Å². The Balaban J connectivity index is 2.30. The molecule has 1 unspecified atom stereocenters. The van der Waals surface area contributed by atoms with E-state index >= 15 is 0 Å². The molecule has 0 spiro atoms. The molecular formula is C15H17F3N2. The molecule has 0 saturated carbocycles. The first-order valence-electron chi connectivity index (χ1n) is 7.04. The number of aromatic amines is 1. The maximum absolute atomic E-state index is 14.2. The van der Waals surface area contributed by atoms with Gasteiger partial charge in [-0.25, -0.2) is 13.2 Å². The highest BCUT2D eigenvalue weighted by molar-refractivity contribution is 5.86. The van der Waals surface area contributed by atoms with Gasteiger partial charge in [-0.3, -0.25) is 0 Å². The molecule has 1 atom stereocenters. The fraction of sp³-hybridized carbons (Fsp3) is 0.467. The molecule has 3 rings (SSSR count). The smallest absolute Gasteiger partial charge is 0.168 e. The topological polar surface area (TPSA) is 27.8 Å². The molecule has 5 heteroatoms. The highest BCUT2D eigenvalue weighted by Gasteiger charge is 2.27. The number of H-pyrrole nitrogens is 1. The fourth-order valence-electron chi connectivity index (χ4n) is 3.17. The fourth-order valence-corrected chi connectivity index (χ4v) is 3.17. The molecule has 20 heavy (non-hydrogen) atoms. The summed E-state index contributed by atoms with van der Waals surface area (Å²) in [5, 5.41) is 3.37. The lowest BCUT2D eigenvalue weighted by molar-refractivity contribution is 0.493.